The van der Waals surface area contributed by atoms with Crippen molar-refractivity contribution in [2.45, 2.75) is 33.2 Å². The van der Waals surface area contributed by atoms with E-state index in [9.17, 15) is 9.81 Å². The minimum Gasteiger partial charge on any atom is -0.259 e. The lowest BCUT2D eigenvalue weighted by Crippen LogP contribution is -2.39. The van der Waals surface area contributed by atoms with Crippen LogP contribution in [0.1, 0.15) is 27.2 Å². The number of nitrogens with zero attached hydrogens (tertiary/aromatic N) is 4. The van der Waals surface area contributed by atoms with Gasteiger partial charge in [0, 0.05) is 13.1 Å². The molecule has 1 unspecified atom stereocenters. The predicted octanol–water partition coefficient (Wildman–Crippen LogP) is 1.77. The predicted molar refractivity (Wildman–Crippen MR) is 55.3 cm³/mol. The van der Waals surface area contributed by atoms with E-state index in [1.54, 1.807) is 0 Å². The first-order valence-electron chi connectivity index (χ1n) is 4.91. The summed E-state index contributed by atoms with van der Waals surface area (Å²) in [6, 6.07) is -0.0323. The molecule has 0 aromatic heterocycles. The van der Waals surface area contributed by atoms with Gasteiger partial charge in [-0.2, -0.15) is 0 Å². The smallest absolute Gasteiger partial charge is 0.0692 e. The molecule has 14 heavy (non-hydrogen) atoms. The molecule has 0 aliphatic heterocycles. The normalized spacial score (nSPS) is 11.9. The Morgan fingerprint density at radius 3 is 2.00 bits per heavy atom. The Morgan fingerprint density at radius 1 is 1.07 bits per heavy atom. The van der Waals surface area contributed by atoms with Gasteiger partial charge < -0.3 is 0 Å². The molecule has 0 fully saturated rings. The summed E-state index contributed by atoms with van der Waals surface area (Å²) in [4.78, 5) is 20.8. The van der Waals surface area contributed by atoms with Crippen molar-refractivity contribution < 1.29 is 0 Å². The molecule has 0 aliphatic rings. The summed E-state index contributed by atoms with van der Waals surface area (Å²) in [6.45, 7) is 7.22. The topological polar surface area (TPSA) is 65.3 Å². The van der Waals surface area contributed by atoms with E-state index in [-0.39, 0.29) is 6.04 Å². The summed E-state index contributed by atoms with van der Waals surface area (Å²) in [5.41, 5.74) is 0. The summed E-state index contributed by atoms with van der Waals surface area (Å²) < 4.78 is 0. The van der Waals surface area contributed by atoms with E-state index >= 15 is 0 Å². The van der Waals surface area contributed by atoms with Gasteiger partial charge in [0.05, 0.1) is 23.2 Å². The molecule has 0 saturated carbocycles. The molecule has 0 N–H and O–H groups in total. The quantitative estimate of drug-likeness (QED) is 0.444. The van der Waals surface area contributed by atoms with Crippen molar-refractivity contribution in [3.63, 3.8) is 0 Å². The molecule has 0 amide bonds. The molecule has 1 atom stereocenters. The van der Waals surface area contributed by atoms with Crippen LogP contribution in [0, 0.1) is 9.81 Å². The van der Waals surface area contributed by atoms with E-state index in [0.717, 1.165) is 6.42 Å². The number of hydrogen-bond acceptors (Lipinski definition) is 4. The highest BCUT2D eigenvalue weighted by Crippen LogP contribution is 2.07. The van der Waals surface area contributed by atoms with Gasteiger partial charge in [0.25, 0.3) is 0 Å². The Labute approximate surface area is 84.1 Å². The van der Waals surface area contributed by atoms with E-state index in [1.807, 2.05) is 20.8 Å². The zero-order chi connectivity index (χ0) is 11.0. The number of nitroso groups, excluding NO2 is 2. The third-order valence-electron chi connectivity index (χ3n) is 2.22. The molecule has 0 aliphatic carbocycles. The average molecular weight is 202 g/mol. The van der Waals surface area contributed by atoms with Crippen molar-refractivity contribution in [2.75, 3.05) is 19.6 Å². The van der Waals surface area contributed by atoms with Gasteiger partial charge in [0.15, 0.2) is 0 Å². The van der Waals surface area contributed by atoms with Gasteiger partial charge in [-0.05, 0) is 20.3 Å². The molecule has 82 valence electrons. The van der Waals surface area contributed by atoms with Crippen molar-refractivity contribution >= 4 is 0 Å². The van der Waals surface area contributed by atoms with E-state index in [1.165, 1.54) is 10.0 Å². The Morgan fingerprint density at radius 2 is 1.71 bits per heavy atom. The molecular formula is C8H18N4O2. The van der Waals surface area contributed by atoms with Gasteiger partial charge in [-0.25, -0.2) is 0 Å². The van der Waals surface area contributed by atoms with Gasteiger partial charge in [-0.1, -0.05) is 6.92 Å². The molecule has 0 bridgehead atoms. The van der Waals surface area contributed by atoms with Crippen LogP contribution in [0.15, 0.2) is 10.6 Å². The summed E-state index contributed by atoms with van der Waals surface area (Å²) >= 11 is 0. The van der Waals surface area contributed by atoms with Crippen LogP contribution in [0.4, 0.5) is 0 Å². The van der Waals surface area contributed by atoms with Crippen LogP contribution >= 0.6 is 0 Å². The Bertz CT molecular complexity index is 177. The van der Waals surface area contributed by atoms with Crippen LogP contribution in [0.25, 0.3) is 0 Å². The van der Waals surface area contributed by atoms with Crippen LogP contribution in [-0.4, -0.2) is 35.7 Å². The fourth-order valence-corrected chi connectivity index (χ4v) is 1.28. The number of likely N-dealkylation sites (N-methyl/N-ethyl adjacent to an activating group) is 2. The van der Waals surface area contributed by atoms with E-state index < -0.39 is 0 Å². The largest absolute Gasteiger partial charge is 0.259 e. The van der Waals surface area contributed by atoms with Crippen molar-refractivity contribution in [1.29, 1.82) is 0 Å². The standard InChI is InChI=1S/C8H18N4O2/c1-4-8(12(6-3)10-14)7-11(5-2)9-13/h8H,4-7H2,1-3H3. The molecule has 0 rings (SSSR count). The monoisotopic (exact) mass is 202 g/mol. The highest BCUT2D eigenvalue weighted by molar-refractivity contribution is 4.69. The summed E-state index contributed by atoms with van der Waals surface area (Å²) in [5.74, 6) is 0. The maximum atomic E-state index is 10.4. The van der Waals surface area contributed by atoms with Gasteiger partial charge in [-0.15, -0.1) is 9.81 Å². The number of hydrogen-bond donors (Lipinski definition) is 0. The van der Waals surface area contributed by atoms with Gasteiger partial charge in [-0.3, -0.25) is 10.0 Å². The molecule has 0 aromatic carbocycles. The molecule has 6 nitrogen and oxygen atoms in total. The van der Waals surface area contributed by atoms with E-state index in [2.05, 4.69) is 10.6 Å². The van der Waals surface area contributed by atoms with Crippen molar-refractivity contribution in [1.82, 2.24) is 10.0 Å². The van der Waals surface area contributed by atoms with Gasteiger partial charge in [0.1, 0.15) is 0 Å². The number of rotatable bonds is 8. The van der Waals surface area contributed by atoms with Crippen molar-refractivity contribution in [3.05, 3.63) is 9.81 Å². The van der Waals surface area contributed by atoms with E-state index in [0.29, 0.717) is 19.6 Å². The molecule has 0 radical (unpaired) electrons. The summed E-state index contributed by atoms with van der Waals surface area (Å²) in [7, 11) is 0. The molecule has 0 saturated heterocycles. The zero-order valence-corrected chi connectivity index (χ0v) is 9.01. The van der Waals surface area contributed by atoms with Gasteiger partial charge >= 0.3 is 0 Å². The van der Waals surface area contributed by atoms with Gasteiger partial charge in [0.2, 0.25) is 0 Å². The highest BCUT2D eigenvalue weighted by atomic mass is 16.3. The minimum absolute atomic E-state index is 0.0323. The molecule has 6 heteroatoms. The lowest BCUT2D eigenvalue weighted by molar-refractivity contribution is 0.145. The third kappa shape index (κ3) is 3.68. The Balaban J connectivity index is 4.24. The maximum Gasteiger partial charge on any atom is 0.0692 e. The first-order chi connectivity index (χ1) is 6.73. The first kappa shape index (κ1) is 12.8. The fourth-order valence-electron chi connectivity index (χ4n) is 1.28. The van der Waals surface area contributed by atoms with Crippen LogP contribution < -0.4 is 0 Å². The van der Waals surface area contributed by atoms with Crippen molar-refractivity contribution in [3.8, 4) is 0 Å². The average Bonchev–Trinajstić information content (AvgIpc) is 2.24. The lowest BCUT2D eigenvalue weighted by Gasteiger charge is -2.26. The van der Waals surface area contributed by atoms with E-state index in [4.69, 9.17) is 0 Å². The second kappa shape index (κ2) is 7.23. The minimum atomic E-state index is -0.0323. The van der Waals surface area contributed by atoms with Crippen molar-refractivity contribution in [2.24, 2.45) is 10.6 Å². The fraction of sp³-hybridized carbons (Fsp3) is 1.00. The summed E-state index contributed by atoms with van der Waals surface area (Å²) in [5, 5.41) is 8.60. The van der Waals surface area contributed by atoms with Crippen LogP contribution in [-0.2, 0) is 0 Å². The second-order valence-electron chi connectivity index (χ2n) is 2.99. The summed E-state index contributed by atoms with van der Waals surface area (Å²) in [6.07, 6.45) is 0.769. The molecule has 0 aromatic rings. The maximum absolute atomic E-state index is 10.4. The Kier molecular flexibility index (Phi) is 6.61. The third-order valence-corrected chi connectivity index (χ3v) is 2.22. The van der Waals surface area contributed by atoms with Crippen LogP contribution in [0.5, 0.6) is 0 Å². The SMILES string of the molecule is CCC(CN(CC)N=O)N(CC)N=O. The molecule has 0 spiro atoms. The molecular weight excluding hydrogens is 184 g/mol. The zero-order valence-electron chi connectivity index (χ0n) is 9.01. The van der Waals surface area contributed by atoms with Crippen LogP contribution in [0.3, 0.4) is 0 Å². The highest BCUT2D eigenvalue weighted by Gasteiger charge is 2.17. The molecule has 0 heterocycles. The first-order valence-corrected chi connectivity index (χ1v) is 4.91. The lowest BCUT2D eigenvalue weighted by atomic mass is 10.2. The van der Waals surface area contributed by atoms with Crippen LogP contribution in [0.2, 0.25) is 0 Å². The Hall–Kier alpha value is -1.20. The second-order valence-corrected chi connectivity index (χ2v) is 2.99.